The van der Waals surface area contributed by atoms with Gasteiger partial charge in [0.15, 0.2) is 0 Å². The maximum absolute atomic E-state index is 11.5. The highest BCUT2D eigenvalue weighted by Gasteiger charge is 2.08. The van der Waals surface area contributed by atoms with Gasteiger partial charge >= 0.3 is 12.0 Å². The van der Waals surface area contributed by atoms with E-state index < -0.39 is 5.97 Å². The number of aromatic nitrogens is 2. The monoisotopic (exact) mass is 266 g/mol. The number of carboxylic acids is 1. The van der Waals surface area contributed by atoms with E-state index in [-0.39, 0.29) is 25.0 Å². The summed E-state index contributed by atoms with van der Waals surface area (Å²) in [7, 11) is 0. The summed E-state index contributed by atoms with van der Waals surface area (Å²) >= 11 is 0. The lowest BCUT2D eigenvalue weighted by atomic mass is 10.2. The summed E-state index contributed by atoms with van der Waals surface area (Å²) in [5.41, 5.74) is 1.48. The smallest absolute Gasteiger partial charge is 0.315 e. The molecule has 2 amide bonds. The first-order valence-electron chi connectivity index (χ1n) is 6.01. The number of carbonyl (C=O) groups is 2. The molecule has 1 aromatic rings. The number of nitrogens with zero attached hydrogens (tertiary/aromatic N) is 2. The molecule has 0 saturated heterocycles. The molecule has 0 saturated carbocycles. The number of carboxylic acid groups (broad SMARTS) is 1. The van der Waals surface area contributed by atoms with Gasteiger partial charge < -0.3 is 15.7 Å². The predicted octanol–water partition coefficient (Wildman–Crippen LogP) is 0.838. The van der Waals surface area contributed by atoms with E-state index in [1.54, 1.807) is 19.3 Å². The molecule has 7 nitrogen and oxygen atoms in total. The SMILES string of the molecule is Cc1cnc(CNC(=O)NC(C)CCC(=O)O)cn1. The molecular formula is C12H18N4O3. The van der Waals surface area contributed by atoms with Crippen molar-refractivity contribution in [2.24, 2.45) is 0 Å². The zero-order chi connectivity index (χ0) is 14.3. The van der Waals surface area contributed by atoms with Gasteiger partial charge in [-0.15, -0.1) is 0 Å². The van der Waals surface area contributed by atoms with Crippen LogP contribution in [0.15, 0.2) is 12.4 Å². The lowest BCUT2D eigenvalue weighted by Crippen LogP contribution is -2.40. The minimum Gasteiger partial charge on any atom is -0.481 e. The Kier molecular flexibility index (Phi) is 5.72. The van der Waals surface area contributed by atoms with Crippen LogP contribution in [-0.2, 0) is 11.3 Å². The number of aryl methyl sites for hydroxylation is 1. The Balaban J connectivity index is 2.27. The van der Waals surface area contributed by atoms with Crippen molar-refractivity contribution in [2.45, 2.75) is 39.3 Å². The van der Waals surface area contributed by atoms with E-state index in [1.807, 2.05) is 6.92 Å². The predicted molar refractivity (Wildman–Crippen MR) is 68.5 cm³/mol. The fourth-order valence-corrected chi connectivity index (χ4v) is 1.37. The molecule has 1 heterocycles. The van der Waals surface area contributed by atoms with Crippen LogP contribution in [0.25, 0.3) is 0 Å². The maximum atomic E-state index is 11.5. The zero-order valence-electron chi connectivity index (χ0n) is 11.0. The van der Waals surface area contributed by atoms with E-state index >= 15 is 0 Å². The van der Waals surface area contributed by atoms with Crippen molar-refractivity contribution < 1.29 is 14.7 Å². The van der Waals surface area contributed by atoms with Crippen LogP contribution in [0.1, 0.15) is 31.2 Å². The number of hydrogen-bond donors (Lipinski definition) is 3. The number of amides is 2. The summed E-state index contributed by atoms with van der Waals surface area (Å²) in [6.07, 6.45) is 3.66. The van der Waals surface area contributed by atoms with Gasteiger partial charge in [0.25, 0.3) is 0 Å². The molecule has 7 heteroatoms. The fourth-order valence-electron chi connectivity index (χ4n) is 1.37. The van der Waals surface area contributed by atoms with Crippen molar-refractivity contribution in [1.82, 2.24) is 20.6 Å². The fraction of sp³-hybridized carbons (Fsp3) is 0.500. The molecule has 0 aliphatic rings. The lowest BCUT2D eigenvalue weighted by Gasteiger charge is -2.13. The van der Waals surface area contributed by atoms with Gasteiger partial charge in [-0.3, -0.25) is 14.8 Å². The summed E-state index contributed by atoms with van der Waals surface area (Å²) in [4.78, 5) is 30.1. The Bertz CT molecular complexity index is 433. The van der Waals surface area contributed by atoms with Gasteiger partial charge in [0.2, 0.25) is 0 Å². The van der Waals surface area contributed by atoms with Crippen molar-refractivity contribution >= 4 is 12.0 Å². The van der Waals surface area contributed by atoms with Crippen LogP contribution in [0.3, 0.4) is 0 Å². The summed E-state index contributed by atoms with van der Waals surface area (Å²) in [6, 6.07) is -0.541. The molecule has 1 atom stereocenters. The van der Waals surface area contributed by atoms with E-state index in [9.17, 15) is 9.59 Å². The molecule has 19 heavy (non-hydrogen) atoms. The van der Waals surface area contributed by atoms with Crippen LogP contribution in [-0.4, -0.2) is 33.1 Å². The standard InChI is InChI=1S/C12H18N4O3/c1-8(3-4-11(17)18)16-12(19)15-7-10-6-13-9(2)5-14-10/h5-6,8H,3-4,7H2,1-2H3,(H,17,18)(H2,15,16,19). The molecule has 0 spiro atoms. The van der Waals surface area contributed by atoms with E-state index in [0.717, 1.165) is 5.69 Å². The minimum atomic E-state index is -0.871. The Morgan fingerprint density at radius 2 is 2.11 bits per heavy atom. The van der Waals surface area contributed by atoms with Crippen LogP contribution >= 0.6 is 0 Å². The number of hydrogen-bond acceptors (Lipinski definition) is 4. The van der Waals surface area contributed by atoms with Gasteiger partial charge in [-0.2, -0.15) is 0 Å². The molecule has 104 valence electrons. The highest BCUT2D eigenvalue weighted by atomic mass is 16.4. The maximum Gasteiger partial charge on any atom is 0.315 e. The Morgan fingerprint density at radius 3 is 2.68 bits per heavy atom. The third-order valence-corrected chi connectivity index (χ3v) is 2.43. The number of aliphatic carboxylic acids is 1. The van der Waals surface area contributed by atoms with Gasteiger partial charge in [-0.25, -0.2) is 4.79 Å². The van der Waals surface area contributed by atoms with Crippen molar-refractivity contribution in [2.75, 3.05) is 0 Å². The number of rotatable bonds is 6. The van der Waals surface area contributed by atoms with Crippen LogP contribution in [0.4, 0.5) is 4.79 Å². The summed E-state index contributed by atoms with van der Waals surface area (Å²) in [6.45, 7) is 3.88. The van der Waals surface area contributed by atoms with Crippen LogP contribution in [0.2, 0.25) is 0 Å². The second-order valence-corrected chi connectivity index (χ2v) is 4.31. The first-order chi connectivity index (χ1) is 8.97. The molecule has 0 aliphatic carbocycles. The average Bonchev–Trinajstić information content (AvgIpc) is 2.36. The molecule has 3 N–H and O–H groups in total. The number of nitrogens with one attached hydrogen (secondary N) is 2. The topological polar surface area (TPSA) is 104 Å². The van der Waals surface area contributed by atoms with Crippen molar-refractivity contribution in [1.29, 1.82) is 0 Å². The highest BCUT2D eigenvalue weighted by molar-refractivity contribution is 5.74. The van der Waals surface area contributed by atoms with Crippen molar-refractivity contribution in [3.63, 3.8) is 0 Å². The molecule has 1 aromatic heterocycles. The van der Waals surface area contributed by atoms with Crippen molar-refractivity contribution in [3.05, 3.63) is 23.8 Å². The Morgan fingerprint density at radius 1 is 1.37 bits per heavy atom. The average molecular weight is 266 g/mol. The van der Waals surface area contributed by atoms with E-state index in [1.165, 1.54) is 0 Å². The van der Waals surface area contributed by atoms with E-state index in [4.69, 9.17) is 5.11 Å². The molecular weight excluding hydrogens is 248 g/mol. The van der Waals surface area contributed by atoms with Gasteiger partial charge in [0, 0.05) is 18.7 Å². The molecule has 0 aliphatic heterocycles. The third kappa shape index (κ3) is 6.35. The third-order valence-electron chi connectivity index (χ3n) is 2.43. The summed E-state index contributed by atoms with van der Waals surface area (Å²) in [5.74, 6) is -0.871. The molecule has 0 radical (unpaired) electrons. The number of carbonyl (C=O) groups excluding carboxylic acids is 1. The summed E-state index contributed by atoms with van der Waals surface area (Å²) < 4.78 is 0. The van der Waals surface area contributed by atoms with E-state index in [0.29, 0.717) is 12.1 Å². The Labute approximate surface area is 111 Å². The van der Waals surface area contributed by atoms with Crippen LogP contribution in [0.5, 0.6) is 0 Å². The van der Waals surface area contributed by atoms with Crippen LogP contribution < -0.4 is 10.6 Å². The first kappa shape index (κ1) is 14.9. The lowest BCUT2D eigenvalue weighted by molar-refractivity contribution is -0.137. The van der Waals surface area contributed by atoms with E-state index in [2.05, 4.69) is 20.6 Å². The highest BCUT2D eigenvalue weighted by Crippen LogP contribution is 1.97. The Hall–Kier alpha value is -2.18. The van der Waals surface area contributed by atoms with Gasteiger partial charge in [0.1, 0.15) is 0 Å². The van der Waals surface area contributed by atoms with Gasteiger partial charge in [-0.1, -0.05) is 0 Å². The van der Waals surface area contributed by atoms with Crippen molar-refractivity contribution in [3.8, 4) is 0 Å². The second kappa shape index (κ2) is 7.30. The van der Waals surface area contributed by atoms with Gasteiger partial charge in [-0.05, 0) is 20.3 Å². The van der Waals surface area contributed by atoms with Crippen LogP contribution in [0, 0.1) is 6.92 Å². The second-order valence-electron chi connectivity index (χ2n) is 4.31. The molecule has 0 bridgehead atoms. The molecule has 0 aromatic carbocycles. The largest absolute Gasteiger partial charge is 0.481 e. The number of urea groups is 1. The molecule has 1 unspecified atom stereocenters. The first-order valence-corrected chi connectivity index (χ1v) is 6.01. The summed E-state index contributed by atoms with van der Waals surface area (Å²) in [5, 5.41) is 13.8. The van der Waals surface area contributed by atoms with Gasteiger partial charge in [0.05, 0.1) is 24.1 Å². The molecule has 0 fully saturated rings. The molecule has 1 rings (SSSR count). The minimum absolute atomic E-state index is 0.0326. The quantitative estimate of drug-likeness (QED) is 0.707. The normalized spacial score (nSPS) is 11.7. The zero-order valence-corrected chi connectivity index (χ0v) is 11.0.